The van der Waals surface area contributed by atoms with Crippen molar-refractivity contribution in [3.8, 4) is 0 Å². The van der Waals surface area contributed by atoms with Crippen LogP contribution in [0, 0.1) is 5.82 Å². The molecular formula is C22H17FN2OS2. The number of rotatable bonds is 5. The molecule has 0 fully saturated rings. The molecule has 0 aliphatic heterocycles. The van der Waals surface area contributed by atoms with Crippen LogP contribution >= 0.6 is 23.1 Å². The smallest absolute Gasteiger partial charge is 0.260 e. The van der Waals surface area contributed by atoms with Crippen molar-refractivity contribution in [2.75, 3.05) is 11.2 Å². The second-order valence-corrected chi connectivity index (χ2v) is 8.11. The topological polar surface area (TPSA) is 33.2 Å². The van der Waals surface area contributed by atoms with Gasteiger partial charge in [-0.2, -0.15) is 0 Å². The molecule has 3 nitrogen and oxygen atoms in total. The molecule has 1 heterocycles. The Morgan fingerprint density at radius 3 is 2.68 bits per heavy atom. The highest BCUT2D eigenvalue weighted by atomic mass is 32.2. The first-order chi connectivity index (χ1) is 13.6. The number of aromatic nitrogens is 1. The van der Waals surface area contributed by atoms with Crippen LogP contribution in [0.5, 0.6) is 0 Å². The number of anilines is 1. The summed E-state index contributed by atoms with van der Waals surface area (Å²) >= 11 is 2.91. The van der Waals surface area contributed by atoms with Gasteiger partial charge in [-0.15, -0.1) is 11.8 Å². The van der Waals surface area contributed by atoms with E-state index in [9.17, 15) is 9.18 Å². The van der Waals surface area contributed by atoms with E-state index in [-0.39, 0.29) is 11.7 Å². The van der Waals surface area contributed by atoms with Crippen LogP contribution in [0.1, 0.15) is 15.9 Å². The highest BCUT2D eigenvalue weighted by Gasteiger charge is 2.22. The maximum absolute atomic E-state index is 13.6. The number of halogens is 1. The Balaban J connectivity index is 1.77. The average molecular weight is 409 g/mol. The molecular weight excluding hydrogens is 391 g/mol. The molecule has 1 aromatic heterocycles. The van der Waals surface area contributed by atoms with Gasteiger partial charge in [-0.25, -0.2) is 9.37 Å². The van der Waals surface area contributed by atoms with Crippen LogP contribution in [0.4, 0.5) is 9.52 Å². The highest BCUT2D eigenvalue weighted by Crippen LogP contribution is 2.31. The summed E-state index contributed by atoms with van der Waals surface area (Å²) in [5.74, 6) is -0.435. The summed E-state index contributed by atoms with van der Waals surface area (Å²) in [6.07, 6.45) is 1.98. The summed E-state index contributed by atoms with van der Waals surface area (Å²) in [5, 5.41) is 0.559. The van der Waals surface area contributed by atoms with Gasteiger partial charge in [-0.05, 0) is 48.2 Å². The van der Waals surface area contributed by atoms with Crippen molar-refractivity contribution in [1.82, 2.24) is 4.98 Å². The number of fused-ring (bicyclic) bond motifs is 1. The number of carbonyl (C=O) groups excluding carboxylic acids is 1. The molecule has 140 valence electrons. The van der Waals surface area contributed by atoms with Gasteiger partial charge in [-0.3, -0.25) is 9.69 Å². The first-order valence-electron chi connectivity index (χ1n) is 8.70. The van der Waals surface area contributed by atoms with Crippen LogP contribution in [0.25, 0.3) is 10.2 Å². The molecule has 0 aliphatic rings. The Bertz CT molecular complexity index is 1130. The average Bonchev–Trinajstić information content (AvgIpc) is 3.15. The van der Waals surface area contributed by atoms with Gasteiger partial charge >= 0.3 is 0 Å². The molecule has 0 saturated heterocycles. The first kappa shape index (κ1) is 18.7. The van der Waals surface area contributed by atoms with Gasteiger partial charge in [0.2, 0.25) is 0 Å². The van der Waals surface area contributed by atoms with Crippen LogP contribution in [0.15, 0.2) is 77.7 Å². The third kappa shape index (κ3) is 3.93. The Hall–Kier alpha value is -2.70. The zero-order chi connectivity index (χ0) is 19.5. The molecule has 1 amide bonds. The van der Waals surface area contributed by atoms with Crippen molar-refractivity contribution in [1.29, 1.82) is 0 Å². The Morgan fingerprint density at radius 2 is 1.89 bits per heavy atom. The first-order valence-corrected chi connectivity index (χ1v) is 10.7. The van der Waals surface area contributed by atoms with Gasteiger partial charge in [-0.1, -0.05) is 47.7 Å². The zero-order valence-electron chi connectivity index (χ0n) is 15.1. The highest BCUT2D eigenvalue weighted by molar-refractivity contribution is 7.98. The lowest BCUT2D eigenvalue weighted by Gasteiger charge is -2.20. The van der Waals surface area contributed by atoms with Gasteiger partial charge in [0, 0.05) is 10.5 Å². The normalized spacial score (nSPS) is 10.9. The van der Waals surface area contributed by atoms with Crippen LogP contribution in [-0.4, -0.2) is 17.1 Å². The lowest BCUT2D eigenvalue weighted by molar-refractivity contribution is 0.0985. The van der Waals surface area contributed by atoms with Gasteiger partial charge in [0.25, 0.3) is 5.91 Å². The van der Waals surface area contributed by atoms with Gasteiger partial charge < -0.3 is 0 Å². The van der Waals surface area contributed by atoms with Gasteiger partial charge in [0.05, 0.1) is 16.8 Å². The van der Waals surface area contributed by atoms with E-state index < -0.39 is 0 Å². The minimum atomic E-state index is -0.309. The van der Waals surface area contributed by atoms with E-state index in [1.54, 1.807) is 22.7 Å². The second kappa shape index (κ2) is 8.12. The summed E-state index contributed by atoms with van der Waals surface area (Å²) < 4.78 is 14.3. The van der Waals surface area contributed by atoms with Crippen LogP contribution < -0.4 is 4.90 Å². The van der Waals surface area contributed by atoms with Crippen molar-refractivity contribution >= 4 is 44.4 Å². The third-order valence-corrected chi connectivity index (χ3v) is 6.08. The van der Waals surface area contributed by atoms with E-state index in [0.29, 0.717) is 22.8 Å². The van der Waals surface area contributed by atoms with Gasteiger partial charge in [0.1, 0.15) is 5.82 Å². The van der Waals surface area contributed by atoms with E-state index in [0.717, 1.165) is 15.2 Å². The molecule has 0 N–H and O–H groups in total. The van der Waals surface area contributed by atoms with Crippen molar-refractivity contribution < 1.29 is 9.18 Å². The monoisotopic (exact) mass is 408 g/mol. The molecule has 0 unspecified atom stereocenters. The quantitative estimate of drug-likeness (QED) is 0.380. The summed E-state index contributed by atoms with van der Waals surface area (Å²) in [4.78, 5) is 20.7. The van der Waals surface area contributed by atoms with Crippen molar-refractivity contribution in [3.05, 3.63) is 89.7 Å². The lowest BCUT2D eigenvalue weighted by atomic mass is 10.1. The van der Waals surface area contributed by atoms with E-state index >= 15 is 0 Å². The van der Waals surface area contributed by atoms with Crippen molar-refractivity contribution in [2.45, 2.75) is 11.4 Å². The molecule has 0 spiro atoms. The molecule has 6 heteroatoms. The van der Waals surface area contributed by atoms with E-state index in [2.05, 4.69) is 4.98 Å². The number of hydrogen-bond acceptors (Lipinski definition) is 4. The van der Waals surface area contributed by atoms with Gasteiger partial charge in [0.15, 0.2) is 5.13 Å². The molecule has 4 aromatic rings. The maximum atomic E-state index is 13.6. The number of nitrogens with zero attached hydrogens (tertiary/aromatic N) is 2. The third-order valence-electron chi connectivity index (χ3n) is 4.32. The number of hydrogen-bond donors (Lipinski definition) is 0. The minimum absolute atomic E-state index is 0.126. The minimum Gasteiger partial charge on any atom is -0.279 e. The Labute approximate surface area is 170 Å². The Morgan fingerprint density at radius 1 is 1.07 bits per heavy atom. The molecule has 0 aliphatic carbocycles. The maximum Gasteiger partial charge on any atom is 0.260 e. The molecule has 0 atom stereocenters. The predicted molar refractivity (Wildman–Crippen MR) is 115 cm³/mol. The summed E-state index contributed by atoms with van der Waals surface area (Å²) in [5.41, 5.74) is 2.29. The van der Waals surface area contributed by atoms with E-state index in [1.165, 1.54) is 23.5 Å². The number of amides is 1. The van der Waals surface area contributed by atoms with Crippen LogP contribution in [0.3, 0.4) is 0 Å². The standard InChI is InChI=1S/C22H17FN2OS2/c1-27-18-9-5-8-16(12-18)21(26)25(14-15-6-3-2-4-7-15)22-24-19-11-10-17(23)13-20(19)28-22/h2-13H,14H2,1H3. The largest absolute Gasteiger partial charge is 0.279 e. The second-order valence-electron chi connectivity index (χ2n) is 6.22. The predicted octanol–water partition coefficient (Wildman–Crippen LogP) is 6.00. The molecule has 0 bridgehead atoms. The van der Waals surface area contributed by atoms with Crippen LogP contribution in [-0.2, 0) is 6.54 Å². The fourth-order valence-electron chi connectivity index (χ4n) is 2.91. The zero-order valence-corrected chi connectivity index (χ0v) is 16.8. The molecule has 28 heavy (non-hydrogen) atoms. The molecule has 0 saturated carbocycles. The van der Waals surface area contributed by atoms with Crippen molar-refractivity contribution in [3.63, 3.8) is 0 Å². The Kier molecular flexibility index (Phi) is 5.41. The number of thioether (sulfide) groups is 1. The lowest BCUT2D eigenvalue weighted by Crippen LogP contribution is -2.30. The summed E-state index contributed by atoms with van der Waals surface area (Å²) in [6, 6.07) is 21.8. The molecule has 4 rings (SSSR count). The summed E-state index contributed by atoms with van der Waals surface area (Å²) in [6.45, 7) is 0.394. The molecule has 3 aromatic carbocycles. The number of thiazole rings is 1. The number of carbonyl (C=O) groups is 1. The van der Waals surface area contributed by atoms with Crippen LogP contribution in [0.2, 0.25) is 0 Å². The summed E-state index contributed by atoms with van der Waals surface area (Å²) in [7, 11) is 0. The van der Waals surface area contributed by atoms with E-state index in [4.69, 9.17) is 0 Å². The van der Waals surface area contributed by atoms with Crippen molar-refractivity contribution in [2.24, 2.45) is 0 Å². The fourth-order valence-corrected chi connectivity index (χ4v) is 4.35. The van der Waals surface area contributed by atoms with E-state index in [1.807, 2.05) is 60.9 Å². The fraction of sp³-hybridized carbons (Fsp3) is 0.0909. The number of benzene rings is 3. The molecule has 0 radical (unpaired) electrons. The SMILES string of the molecule is CSc1cccc(C(=O)N(Cc2ccccc2)c2nc3ccc(F)cc3s2)c1.